The molecule has 5 atom stereocenters. The van der Waals surface area contributed by atoms with Crippen LogP contribution in [-0.2, 0) is 25.7 Å². The van der Waals surface area contributed by atoms with E-state index in [2.05, 4.69) is 13.8 Å². The highest BCUT2D eigenvalue weighted by molar-refractivity contribution is 5.32. The summed E-state index contributed by atoms with van der Waals surface area (Å²) in [5.74, 6) is 0. The van der Waals surface area contributed by atoms with E-state index < -0.39 is 36.1 Å². The van der Waals surface area contributed by atoms with E-state index in [1.54, 1.807) is 12.2 Å². The minimum atomic E-state index is -2.35. The minimum absolute atomic E-state index is 0.0223. The first-order chi connectivity index (χ1) is 18.2. The second kappa shape index (κ2) is 15.5. The van der Waals surface area contributed by atoms with E-state index in [9.17, 15) is 30.6 Å². The zero-order valence-electron chi connectivity index (χ0n) is 23.3. The first-order valence-electron chi connectivity index (χ1n) is 14.0. The Morgan fingerprint density at radius 2 is 1.24 bits per heavy atom. The SMILES string of the molecule is C/C=C/CC(O)(Cc1ccccc1CCCC)[C@@H](O)[C@@](O)(Cc1ccccc1CCCC)[C@H](O)[C@@H](O)CO. The summed E-state index contributed by atoms with van der Waals surface area (Å²) in [6, 6.07) is 15.2. The summed E-state index contributed by atoms with van der Waals surface area (Å²) in [6.07, 6.45) is 3.37. The summed E-state index contributed by atoms with van der Waals surface area (Å²) in [5.41, 5.74) is -0.618. The van der Waals surface area contributed by atoms with Gasteiger partial charge in [-0.1, -0.05) is 87.4 Å². The molecule has 0 radical (unpaired) electrons. The van der Waals surface area contributed by atoms with Gasteiger partial charge in [-0.3, -0.25) is 0 Å². The van der Waals surface area contributed by atoms with Crippen LogP contribution in [-0.4, -0.2) is 66.8 Å². The molecule has 1 unspecified atom stereocenters. The normalized spacial score (nSPS) is 17.6. The van der Waals surface area contributed by atoms with Crippen molar-refractivity contribution in [1.29, 1.82) is 0 Å². The van der Waals surface area contributed by atoms with E-state index in [4.69, 9.17) is 0 Å². The van der Waals surface area contributed by atoms with Crippen molar-refractivity contribution in [3.63, 3.8) is 0 Å². The maximum Gasteiger partial charge on any atom is 0.126 e. The molecular formula is C32H48O6. The lowest BCUT2D eigenvalue weighted by molar-refractivity contribution is -0.228. The van der Waals surface area contributed by atoms with Crippen LogP contribution in [0.2, 0.25) is 0 Å². The Morgan fingerprint density at radius 1 is 0.763 bits per heavy atom. The number of rotatable bonds is 17. The molecule has 2 rings (SSSR count). The van der Waals surface area contributed by atoms with Gasteiger partial charge in [0.15, 0.2) is 0 Å². The predicted octanol–water partition coefficient (Wildman–Crippen LogP) is 3.66. The van der Waals surface area contributed by atoms with Crippen molar-refractivity contribution in [2.45, 2.75) is 108 Å². The smallest absolute Gasteiger partial charge is 0.126 e. The van der Waals surface area contributed by atoms with Gasteiger partial charge in [0, 0.05) is 12.8 Å². The summed E-state index contributed by atoms with van der Waals surface area (Å²) in [6.45, 7) is 5.20. The summed E-state index contributed by atoms with van der Waals surface area (Å²) in [5, 5.41) is 67.0. The van der Waals surface area contributed by atoms with Gasteiger partial charge in [0.1, 0.15) is 29.5 Å². The van der Waals surface area contributed by atoms with Gasteiger partial charge in [-0.05, 0) is 61.3 Å². The average Bonchev–Trinajstić information content (AvgIpc) is 2.93. The largest absolute Gasteiger partial charge is 0.394 e. The van der Waals surface area contributed by atoms with Crippen LogP contribution in [0.1, 0.15) is 75.1 Å². The lowest BCUT2D eigenvalue weighted by atomic mass is 9.71. The summed E-state index contributed by atoms with van der Waals surface area (Å²) in [7, 11) is 0. The molecule has 0 aliphatic heterocycles. The Bertz CT molecular complexity index is 991. The quantitative estimate of drug-likeness (QED) is 0.174. The van der Waals surface area contributed by atoms with Gasteiger partial charge in [-0.2, -0.15) is 0 Å². The number of aliphatic hydroxyl groups is 6. The molecule has 0 saturated heterocycles. The van der Waals surface area contributed by atoms with E-state index in [1.807, 2.05) is 55.5 Å². The van der Waals surface area contributed by atoms with Crippen molar-refractivity contribution in [1.82, 2.24) is 0 Å². The molecule has 0 aliphatic carbocycles. The van der Waals surface area contributed by atoms with Crippen molar-refractivity contribution >= 4 is 0 Å². The topological polar surface area (TPSA) is 121 Å². The Balaban J connectivity index is 2.58. The molecule has 6 N–H and O–H groups in total. The zero-order valence-corrected chi connectivity index (χ0v) is 23.3. The van der Waals surface area contributed by atoms with E-state index in [1.165, 1.54) is 0 Å². The Labute approximate surface area is 228 Å². The third-order valence-corrected chi connectivity index (χ3v) is 7.56. The highest BCUT2D eigenvalue weighted by Gasteiger charge is 2.54. The molecule has 0 aromatic heterocycles. The van der Waals surface area contributed by atoms with Gasteiger partial charge >= 0.3 is 0 Å². The van der Waals surface area contributed by atoms with Crippen LogP contribution >= 0.6 is 0 Å². The molecule has 2 aromatic carbocycles. The number of aliphatic hydroxyl groups excluding tert-OH is 4. The third-order valence-electron chi connectivity index (χ3n) is 7.56. The van der Waals surface area contributed by atoms with Crippen molar-refractivity contribution in [3.05, 3.63) is 82.9 Å². The number of unbranched alkanes of at least 4 members (excludes halogenated alkanes) is 2. The van der Waals surface area contributed by atoms with E-state index in [-0.39, 0.29) is 19.3 Å². The van der Waals surface area contributed by atoms with Crippen LogP contribution in [0.25, 0.3) is 0 Å². The highest BCUT2D eigenvalue weighted by Crippen LogP contribution is 2.36. The Hall–Kier alpha value is -2.06. The van der Waals surface area contributed by atoms with Gasteiger partial charge < -0.3 is 30.6 Å². The predicted molar refractivity (Wildman–Crippen MR) is 152 cm³/mol. The highest BCUT2D eigenvalue weighted by atomic mass is 16.4. The standard InChI is InChI=1S/C32H48O6/c1-4-7-14-24-16-10-12-18-26(24)21-31(37,20-9-6-3)30(36)32(38,29(35)28(34)23-33)22-27-19-13-11-17-25(27)15-8-5-2/h6,9-13,16-19,28-30,33-38H,4-5,7-8,14-15,20-23H2,1-3H3/b9-6+/t28-,29+,30+,31?,32+/m0/s1. The summed E-state index contributed by atoms with van der Waals surface area (Å²) >= 11 is 0. The maximum atomic E-state index is 12.0. The van der Waals surface area contributed by atoms with Crippen LogP contribution in [0.15, 0.2) is 60.7 Å². The molecule has 6 nitrogen and oxygen atoms in total. The van der Waals surface area contributed by atoms with Crippen LogP contribution in [0.4, 0.5) is 0 Å². The second-order valence-electron chi connectivity index (χ2n) is 10.6. The lowest BCUT2D eigenvalue weighted by Crippen LogP contribution is -2.66. The van der Waals surface area contributed by atoms with Crippen LogP contribution in [0, 0.1) is 0 Å². The van der Waals surface area contributed by atoms with Gasteiger partial charge in [0.25, 0.3) is 0 Å². The average molecular weight is 529 g/mol. The molecule has 0 saturated carbocycles. The van der Waals surface area contributed by atoms with E-state index in [0.29, 0.717) is 5.56 Å². The molecule has 38 heavy (non-hydrogen) atoms. The van der Waals surface area contributed by atoms with Crippen molar-refractivity contribution < 1.29 is 30.6 Å². The molecule has 6 heteroatoms. The Kier molecular flexibility index (Phi) is 13.1. The number of hydrogen-bond acceptors (Lipinski definition) is 6. The van der Waals surface area contributed by atoms with Crippen LogP contribution < -0.4 is 0 Å². The fourth-order valence-electron chi connectivity index (χ4n) is 5.18. The summed E-state index contributed by atoms with van der Waals surface area (Å²) < 4.78 is 0. The zero-order chi connectivity index (χ0) is 28.2. The maximum absolute atomic E-state index is 12.0. The van der Waals surface area contributed by atoms with Gasteiger partial charge in [-0.15, -0.1) is 0 Å². The summed E-state index contributed by atoms with van der Waals surface area (Å²) in [4.78, 5) is 0. The molecule has 0 spiro atoms. The molecular weight excluding hydrogens is 480 g/mol. The minimum Gasteiger partial charge on any atom is -0.394 e. The lowest BCUT2D eigenvalue weighted by Gasteiger charge is -2.46. The first kappa shape index (κ1) is 32.2. The first-order valence-corrected chi connectivity index (χ1v) is 14.0. The van der Waals surface area contributed by atoms with Crippen molar-refractivity contribution in [2.75, 3.05) is 6.61 Å². The van der Waals surface area contributed by atoms with Crippen molar-refractivity contribution in [3.8, 4) is 0 Å². The molecule has 0 bridgehead atoms. The van der Waals surface area contributed by atoms with Crippen molar-refractivity contribution in [2.24, 2.45) is 0 Å². The van der Waals surface area contributed by atoms with Crippen LogP contribution in [0.5, 0.6) is 0 Å². The molecule has 0 heterocycles. The number of benzene rings is 2. The van der Waals surface area contributed by atoms with E-state index in [0.717, 1.165) is 55.2 Å². The monoisotopic (exact) mass is 528 g/mol. The number of allylic oxidation sites excluding steroid dienone is 1. The Morgan fingerprint density at radius 3 is 1.68 bits per heavy atom. The third kappa shape index (κ3) is 8.22. The van der Waals surface area contributed by atoms with Gasteiger partial charge in [-0.25, -0.2) is 0 Å². The molecule has 2 aromatic rings. The molecule has 0 aliphatic rings. The number of aryl methyl sites for hydroxylation is 2. The van der Waals surface area contributed by atoms with Crippen LogP contribution in [0.3, 0.4) is 0 Å². The van der Waals surface area contributed by atoms with E-state index >= 15 is 0 Å². The fraction of sp³-hybridized carbons (Fsp3) is 0.562. The molecule has 0 fully saturated rings. The van der Waals surface area contributed by atoms with Gasteiger partial charge in [0.05, 0.1) is 6.61 Å². The van der Waals surface area contributed by atoms with Gasteiger partial charge in [0.2, 0.25) is 0 Å². The second-order valence-corrected chi connectivity index (χ2v) is 10.6. The molecule has 0 amide bonds. The number of hydrogen-bond donors (Lipinski definition) is 6. The molecule has 212 valence electrons. The fourth-order valence-corrected chi connectivity index (χ4v) is 5.18.